The summed E-state index contributed by atoms with van der Waals surface area (Å²) in [5.74, 6) is 0. The van der Waals surface area contributed by atoms with E-state index in [1.165, 1.54) is 65.7 Å². The standard InChI is InChI=1S/C36H24/c1-3-11-25(12-4-1)27-19-21-28(22-20-27)34-23-29(26-13-5-2-6-14-26)24-35-32-17-8-7-15-30(32)31-16-9-10-18-33(31)36(34)35/h1-24H. The fourth-order valence-corrected chi connectivity index (χ4v) is 5.53. The quantitative estimate of drug-likeness (QED) is 0.232. The first-order valence-electron chi connectivity index (χ1n) is 12.5. The van der Waals surface area contributed by atoms with Gasteiger partial charge in [-0.15, -0.1) is 0 Å². The molecule has 0 aliphatic carbocycles. The average molecular weight is 457 g/mol. The molecule has 0 aliphatic rings. The van der Waals surface area contributed by atoms with E-state index in [1.54, 1.807) is 0 Å². The summed E-state index contributed by atoms with van der Waals surface area (Å²) in [6.45, 7) is 0. The third kappa shape index (κ3) is 3.39. The summed E-state index contributed by atoms with van der Waals surface area (Å²) in [5, 5.41) is 7.81. The second-order valence-corrected chi connectivity index (χ2v) is 9.35. The normalized spacial score (nSPS) is 11.3. The van der Waals surface area contributed by atoms with Gasteiger partial charge in [0.25, 0.3) is 0 Å². The number of benzene rings is 7. The largest absolute Gasteiger partial charge is 0.0622 e. The molecule has 0 bridgehead atoms. The van der Waals surface area contributed by atoms with Gasteiger partial charge in [0.2, 0.25) is 0 Å². The molecule has 0 radical (unpaired) electrons. The lowest BCUT2D eigenvalue weighted by atomic mass is 9.86. The summed E-state index contributed by atoms with van der Waals surface area (Å²) in [7, 11) is 0. The van der Waals surface area contributed by atoms with Crippen molar-refractivity contribution < 1.29 is 0 Å². The predicted molar refractivity (Wildman–Crippen MR) is 155 cm³/mol. The molecule has 0 amide bonds. The molecule has 0 spiro atoms. The summed E-state index contributed by atoms with van der Waals surface area (Å²) < 4.78 is 0. The van der Waals surface area contributed by atoms with Crippen molar-refractivity contribution in [2.45, 2.75) is 0 Å². The Morgan fingerprint density at radius 2 is 0.667 bits per heavy atom. The summed E-state index contributed by atoms with van der Waals surface area (Å²) in [6.07, 6.45) is 0. The Morgan fingerprint density at radius 3 is 1.28 bits per heavy atom. The van der Waals surface area contributed by atoms with Crippen molar-refractivity contribution >= 4 is 32.3 Å². The van der Waals surface area contributed by atoms with E-state index in [0.717, 1.165) is 0 Å². The van der Waals surface area contributed by atoms with E-state index >= 15 is 0 Å². The van der Waals surface area contributed by atoms with Gasteiger partial charge in [-0.3, -0.25) is 0 Å². The predicted octanol–water partition coefficient (Wildman–Crippen LogP) is 10.1. The van der Waals surface area contributed by atoms with E-state index in [-0.39, 0.29) is 0 Å². The van der Waals surface area contributed by atoms with Crippen LogP contribution in [-0.4, -0.2) is 0 Å². The maximum Gasteiger partial charge on any atom is -0.00199 e. The van der Waals surface area contributed by atoms with E-state index in [4.69, 9.17) is 0 Å². The minimum atomic E-state index is 1.23. The lowest BCUT2D eigenvalue weighted by Crippen LogP contribution is -1.90. The van der Waals surface area contributed by atoms with Crippen LogP contribution in [0.15, 0.2) is 146 Å². The van der Waals surface area contributed by atoms with Crippen LogP contribution in [0, 0.1) is 0 Å². The Hall–Kier alpha value is -4.68. The molecule has 0 nitrogen and oxygen atoms in total. The van der Waals surface area contributed by atoms with Gasteiger partial charge in [0.05, 0.1) is 0 Å². The second-order valence-electron chi connectivity index (χ2n) is 9.35. The van der Waals surface area contributed by atoms with Gasteiger partial charge in [-0.05, 0) is 77.8 Å². The fraction of sp³-hybridized carbons (Fsp3) is 0. The zero-order valence-electron chi connectivity index (χ0n) is 19.9. The zero-order valence-corrected chi connectivity index (χ0v) is 19.9. The van der Waals surface area contributed by atoms with E-state index in [1.807, 2.05) is 0 Å². The zero-order chi connectivity index (χ0) is 23.9. The van der Waals surface area contributed by atoms with Crippen molar-refractivity contribution in [3.8, 4) is 33.4 Å². The molecule has 36 heavy (non-hydrogen) atoms. The van der Waals surface area contributed by atoms with Crippen molar-refractivity contribution in [3.05, 3.63) is 146 Å². The first-order valence-corrected chi connectivity index (χ1v) is 12.5. The van der Waals surface area contributed by atoms with E-state index < -0.39 is 0 Å². The van der Waals surface area contributed by atoms with E-state index in [2.05, 4.69) is 146 Å². The topological polar surface area (TPSA) is 0 Å². The minimum Gasteiger partial charge on any atom is -0.0622 e. The van der Waals surface area contributed by atoms with Crippen molar-refractivity contribution in [2.24, 2.45) is 0 Å². The summed E-state index contributed by atoms with van der Waals surface area (Å²) in [5.41, 5.74) is 7.46. The highest BCUT2D eigenvalue weighted by atomic mass is 14.2. The average Bonchev–Trinajstić information content (AvgIpc) is 2.98. The maximum absolute atomic E-state index is 2.38. The van der Waals surface area contributed by atoms with E-state index in [9.17, 15) is 0 Å². The Bertz CT molecular complexity index is 1840. The van der Waals surface area contributed by atoms with Crippen molar-refractivity contribution in [1.29, 1.82) is 0 Å². The Kier molecular flexibility index (Phi) is 4.89. The van der Waals surface area contributed by atoms with Gasteiger partial charge in [-0.25, -0.2) is 0 Å². The molecule has 0 heterocycles. The highest BCUT2D eigenvalue weighted by Gasteiger charge is 2.15. The lowest BCUT2D eigenvalue weighted by molar-refractivity contribution is 1.60. The molecule has 7 rings (SSSR count). The van der Waals surface area contributed by atoms with Crippen LogP contribution in [-0.2, 0) is 0 Å². The van der Waals surface area contributed by atoms with Crippen LogP contribution in [0.3, 0.4) is 0 Å². The number of fused-ring (bicyclic) bond motifs is 6. The highest BCUT2D eigenvalue weighted by Crippen LogP contribution is 2.43. The Labute approximate surface area is 211 Å². The molecule has 7 aromatic carbocycles. The molecular formula is C36H24. The molecule has 0 aliphatic heterocycles. The molecule has 0 saturated carbocycles. The first-order chi connectivity index (χ1) is 17.9. The molecular weight excluding hydrogens is 432 g/mol. The monoisotopic (exact) mass is 456 g/mol. The van der Waals surface area contributed by atoms with Gasteiger partial charge < -0.3 is 0 Å². The van der Waals surface area contributed by atoms with Gasteiger partial charge >= 0.3 is 0 Å². The van der Waals surface area contributed by atoms with E-state index in [0.29, 0.717) is 0 Å². The summed E-state index contributed by atoms with van der Waals surface area (Å²) in [4.78, 5) is 0. The van der Waals surface area contributed by atoms with Gasteiger partial charge in [0, 0.05) is 0 Å². The van der Waals surface area contributed by atoms with Gasteiger partial charge in [0.1, 0.15) is 0 Å². The third-order valence-electron chi connectivity index (χ3n) is 7.25. The van der Waals surface area contributed by atoms with Crippen LogP contribution < -0.4 is 0 Å². The molecule has 7 aromatic rings. The Balaban J connectivity index is 1.58. The van der Waals surface area contributed by atoms with Gasteiger partial charge in [0.15, 0.2) is 0 Å². The fourth-order valence-electron chi connectivity index (χ4n) is 5.53. The summed E-state index contributed by atoms with van der Waals surface area (Å²) in [6, 6.07) is 52.7. The van der Waals surface area contributed by atoms with Crippen LogP contribution in [0.25, 0.3) is 65.7 Å². The molecule has 168 valence electrons. The first kappa shape index (κ1) is 20.7. The molecule has 0 heteroatoms. The highest BCUT2D eigenvalue weighted by molar-refractivity contribution is 6.29. The van der Waals surface area contributed by atoms with Crippen LogP contribution >= 0.6 is 0 Å². The smallest absolute Gasteiger partial charge is 0.00199 e. The van der Waals surface area contributed by atoms with Gasteiger partial charge in [-0.2, -0.15) is 0 Å². The van der Waals surface area contributed by atoms with Crippen molar-refractivity contribution in [2.75, 3.05) is 0 Å². The van der Waals surface area contributed by atoms with Crippen LogP contribution in [0.2, 0.25) is 0 Å². The van der Waals surface area contributed by atoms with Crippen LogP contribution in [0.1, 0.15) is 0 Å². The molecule has 0 N–H and O–H groups in total. The minimum absolute atomic E-state index is 1.23. The van der Waals surface area contributed by atoms with Crippen LogP contribution in [0.4, 0.5) is 0 Å². The maximum atomic E-state index is 2.38. The lowest BCUT2D eigenvalue weighted by Gasteiger charge is -2.17. The molecule has 0 saturated heterocycles. The van der Waals surface area contributed by atoms with Gasteiger partial charge in [-0.1, -0.05) is 133 Å². The molecule has 0 unspecified atom stereocenters. The second kappa shape index (κ2) is 8.52. The molecule has 0 fully saturated rings. The number of rotatable bonds is 3. The number of hydrogen-bond acceptors (Lipinski definition) is 0. The molecule has 0 aromatic heterocycles. The Morgan fingerprint density at radius 1 is 0.250 bits per heavy atom. The number of hydrogen-bond donors (Lipinski definition) is 0. The molecule has 0 atom stereocenters. The van der Waals surface area contributed by atoms with Crippen molar-refractivity contribution in [1.82, 2.24) is 0 Å². The SMILES string of the molecule is c1ccc(-c2ccc(-c3cc(-c4ccccc4)cc4c5ccccc5c5ccccc5c34)cc2)cc1. The summed E-state index contributed by atoms with van der Waals surface area (Å²) >= 11 is 0. The third-order valence-corrected chi connectivity index (χ3v) is 7.25. The van der Waals surface area contributed by atoms with Crippen LogP contribution in [0.5, 0.6) is 0 Å². The van der Waals surface area contributed by atoms with Crippen molar-refractivity contribution in [3.63, 3.8) is 0 Å².